The van der Waals surface area contributed by atoms with Crippen LogP contribution < -0.4 is 5.32 Å². The molecule has 0 aliphatic rings. The summed E-state index contributed by atoms with van der Waals surface area (Å²) >= 11 is 1.39. The Balaban J connectivity index is 2.36. The second-order valence-electron chi connectivity index (χ2n) is 3.78. The lowest BCUT2D eigenvalue weighted by Gasteiger charge is -2.00. The standard InChI is InChI=1S/C10H16N2O4S2/c1-16-9(13)4-3-8-7-17-10(12-8)11-5-6-18(2,14)15/h7H,3-6H2,1-2H3,(H,11,12). The molecule has 0 radical (unpaired) electrons. The van der Waals surface area contributed by atoms with E-state index in [4.69, 9.17) is 0 Å². The highest BCUT2D eigenvalue weighted by molar-refractivity contribution is 7.90. The zero-order valence-corrected chi connectivity index (χ0v) is 11.9. The van der Waals surface area contributed by atoms with Gasteiger partial charge in [0, 0.05) is 24.6 Å². The number of aromatic nitrogens is 1. The van der Waals surface area contributed by atoms with Crippen molar-refractivity contribution < 1.29 is 17.9 Å². The average molecular weight is 292 g/mol. The molecule has 1 aromatic heterocycles. The minimum absolute atomic E-state index is 0.0735. The number of anilines is 1. The first kappa shape index (κ1) is 14.9. The van der Waals surface area contributed by atoms with Crippen molar-refractivity contribution in [3.63, 3.8) is 0 Å². The molecule has 0 aliphatic carbocycles. The number of carbonyl (C=O) groups is 1. The molecule has 1 rings (SSSR count). The predicted molar refractivity (Wildman–Crippen MR) is 70.7 cm³/mol. The molecule has 0 aromatic carbocycles. The average Bonchev–Trinajstić information content (AvgIpc) is 2.72. The molecule has 0 atom stereocenters. The van der Waals surface area contributed by atoms with Crippen LogP contribution in [-0.2, 0) is 25.8 Å². The van der Waals surface area contributed by atoms with Gasteiger partial charge in [-0.3, -0.25) is 4.79 Å². The summed E-state index contributed by atoms with van der Waals surface area (Å²) in [5, 5.41) is 5.44. The minimum Gasteiger partial charge on any atom is -0.469 e. The summed E-state index contributed by atoms with van der Waals surface area (Å²) in [7, 11) is -1.61. The Hall–Kier alpha value is -1.15. The van der Waals surface area contributed by atoms with Crippen molar-refractivity contribution in [3.8, 4) is 0 Å². The second-order valence-corrected chi connectivity index (χ2v) is 6.89. The van der Waals surface area contributed by atoms with E-state index < -0.39 is 9.84 Å². The van der Waals surface area contributed by atoms with Crippen molar-refractivity contribution in [3.05, 3.63) is 11.1 Å². The van der Waals surface area contributed by atoms with Gasteiger partial charge in [-0.1, -0.05) is 0 Å². The van der Waals surface area contributed by atoms with Crippen molar-refractivity contribution in [1.29, 1.82) is 0 Å². The quantitative estimate of drug-likeness (QED) is 0.745. The van der Waals surface area contributed by atoms with Gasteiger partial charge in [-0.25, -0.2) is 13.4 Å². The minimum atomic E-state index is -2.96. The molecule has 0 saturated heterocycles. The van der Waals surface area contributed by atoms with Crippen LogP contribution in [0.5, 0.6) is 0 Å². The number of rotatable bonds is 7. The molecule has 1 heterocycles. The lowest BCUT2D eigenvalue weighted by molar-refractivity contribution is -0.140. The number of carbonyl (C=O) groups excluding carboxylic acids is 1. The topological polar surface area (TPSA) is 85.4 Å². The van der Waals surface area contributed by atoms with Gasteiger partial charge in [-0.05, 0) is 0 Å². The van der Waals surface area contributed by atoms with Crippen LogP contribution in [0.2, 0.25) is 0 Å². The number of thiazole rings is 1. The molecule has 0 saturated carbocycles. The van der Waals surface area contributed by atoms with Gasteiger partial charge >= 0.3 is 5.97 Å². The first-order chi connectivity index (χ1) is 8.40. The second kappa shape index (κ2) is 6.69. The first-order valence-electron chi connectivity index (χ1n) is 5.33. The number of sulfone groups is 1. The molecule has 0 aliphatic heterocycles. The highest BCUT2D eigenvalue weighted by Crippen LogP contribution is 2.16. The van der Waals surface area contributed by atoms with Crippen molar-refractivity contribution in [1.82, 2.24) is 4.98 Å². The fourth-order valence-corrected chi connectivity index (χ4v) is 2.42. The van der Waals surface area contributed by atoms with E-state index in [9.17, 15) is 13.2 Å². The molecule has 0 spiro atoms. The van der Waals surface area contributed by atoms with Gasteiger partial charge in [0.15, 0.2) is 5.13 Å². The molecule has 0 unspecified atom stereocenters. The molecule has 6 nitrogen and oxygen atoms in total. The molecular formula is C10H16N2O4S2. The van der Waals surface area contributed by atoms with Gasteiger partial charge in [0.2, 0.25) is 0 Å². The molecule has 102 valence electrons. The molecule has 8 heteroatoms. The molecule has 1 aromatic rings. The summed E-state index contributed by atoms with van der Waals surface area (Å²) < 4.78 is 26.4. The number of nitrogens with one attached hydrogen (secondary N) is 1. The Morgan fingerprint density at radius 2 is 2.28 bits per heavy atom. The van der Waals surface area contributed by atoms with E-state index in [-0.39, 0.29) is 11.7 Å². The molecule has 0 amide bonds. The Labute approximate surface area is 110 Å². The summed E-state index contributed by atoms with van der Waals surface area (Å²) in [5.41, 5.74) is 0.798. The van der Waals surface area contributed by atoms with Gasteiger partial charge < -0.3 is 10.1 Å². The van der Waals surface area contributed by atoms with Gasteiger partial charge in [0.25, 0.3) is 0 Å². The molecule has 18 heavy (non-hydrogen) atoms. The number of esters is 1. The summed E-state index contributed by atoms with van der Waals surface area (Å²) in [6.45, 7) is 0.336. The Morgan fingerprint density at radius 3 is 2.89 bits per heavy atom. The third-order valence-electron chi connectivity index (χ3n) is 2.11. The zero-order chi connectivity index (χ0) is 13.6. The number of aryl methyl sites for hydroxylation is 1. The summed E-state index contributed by atoms with van der Waals surface area (Å²) in [6, 6.07) is 0. The maximum atomic E-state index is 10.9. The van der Waals surface area contributed by atoms with Crippen molar-refractivity contribution in [2.45, 2.75) is 12.8 Å². The number of hydrogen-bond donors (Lipinski definition) is 1. The van der Waals surface area contributed by atoms with Gasteiger partial charge in [-0.2, -0.15) is 0 Å². The monoisotopic (exact) mass is 292 g/mol. The number of ether oxygens (including phenoxy) is 1. The molecule has 1 N–H and O–H groups in total. The van der Waals surface area contributed by atoms with Gasteiger partial charge in [0.05, 0.1) is 25.0 Å². The summed E-state index contributed by atoms with van der Waals surface area (Å²) in [4.78, 5) is 15.2. The maximum absolute atomic E-state index is 10.9. The summed E-state index contributed by atoms with van der Waals surface area (Å²) in [5.74, 6) is -0.195. The lowest BCUT2D eigenvalue weighted by atomic mass is 10.2. The van der Waals surface area contributed by atoms with E-state index in [0.717, 1.165) is 5.69 Å². The Kier molecular flexibility index (Phi) is 5.54. The first-order valence-corrected chi connectivity index (χ1v) is 8.27. The van der Waals surface area contributed by atoms with Crippen LogP contribution >= 0.6 is 11.3 Å². The molecule has 0 bridgehead atoms. The third kappa shape index (κ3) is 5.97. The predicted octanol–water partition coefficient (Wildman–Crippen LogP) is 0.705. The van der Waals surface area contributed by atoms with Crippen molar-refractivity contribution >= 4 is 32.3 Å². The van der Waals surface area contributed by atoms with Crippen LogP contribution in [0.4, 0.5) is 5.13 Å². The Morgan fingerprint density at radius 1 is 1.56 bits per heavy atom. The largest absolute Gasteiger partial charge is 0.469 e. The maximum Gasteiger partial charge on any atom is 0.305 e. The normalized spacial score (nSPS) is 11.2. The van der Waals surface area contributed by atoms with Crippen LogP contribution in [0.3, 0.4) is 0 Å². The van der Waals surface area contributed by atoms with E-state index in [1.807, 2.05) is 5.38 Å². The van der Waals surface area contributed by atoms with Crippen molar-refractivity contribution in [2.75, 3.05) is 31.0 Å². The summed E-state index contributed by atoms with van der Waals surface area (Å²) in [6.07, 6.45) is 2.01. The van der Waals surface area contributed by atoms with E-state index in [0.29, 0.717) is 24.5 Å². The van der Waals surface area contributed by atoms with Crippen LogP contribution in [0.1, 0.15) is 12.1 Å². The van der Waals surface area contributed by atoms with E-state index in [1.165, 1.54) is 24.7 Å². The SMILES string of the molecule is COC(=O)CCc1csc(NCCS(C)(=O)=O)n1. The van der Waals surface area contributed by atoms with Crippen LogP contribution in [0.25, 0.3) is 0 Å². The Bertz CT molecular complexity index is 496. The van der Waals surface area contributed by atoms with Crippen LogP contribution in [0.15, 0.2) is 5.38 Å². The molecular weight excluding hydrogens is 276 g/mol. The number of hydrogen-bond acceptors (Lipinski definition) is 7. The third-order valence-corrected chi connectivity index (χ3v) is 3.91. The highest BCUT2D eigenvalue weighted by Gasteiger charge is 2.06. The van der Waals surface area contributed by atoms with Gasteiger partial charge in [-0.15, -0.1) is 11.3 Å². The number of nitrogens with zero attached hydrogens (tertiary/aromatic N) is 1. The zero-order valence-electron chi connectivity index (χ0n) is 10.3. The van der Waals surface area contributed by atoms with Crippen LogP contribution in [0, 0.1) is 0 Å². The lowest BCUT2D eigenvalue weighted by Crippen LogP contribution is -2.14. The van der Waals surface area contributed by atoms with E-state index in [1.54, 1.807) is 0 Å². The molecule has 0 fully saturated rings. The van der Waals surface area contributed by atoms with E-state index in [2.05, 4.69) is 15.0 Å². The van der Waals surface area contributed by atoms with Crippen molar-refractivity contribution in [2.24, 2.45) is 0 Å². The fraction of sp³-hybridized carbons (Fsp3) is 0.600. The van der Waals surface area contributed by atoms with Crippen LogP contribution in [-0.4, -0.2) is 45.0 Å². The smallest absolute Gasteiger partial charge is 0.305 e. The van der Waals surface area contributed by atoms with Gasteiger partial charge in [0.1, 0.15) is 9.84 Å². The fourth-order valence-electron chi connectivity index (χ4n) is 1.18. The highest BCUT2D eigenvalue weighted by atomic mass is 32.2. The number of methoxy groups -OCH3 is 1. The van der Waals surface area contributed by atoms with E-state index >= 15 is 0 Å².